The number of Topliss-reactive ketones (excluding diaryl/α,β-unsaturated/α-hetero) is 1. The van der Waals surface area contributed by atoms with Crippen LogP contribution in [0.4, 0.5) is 5.69 Å². The number of rotatable bonds is 8. The van der Waals surface area contributed by atoms with Crippen molar-refractivity contribution in [1.29, 1.82) is 0 Å². The van der Waals surface area contributed by atoms with Gasteiger partial charge in [-0.3, -0.25) is 9.59 Å². The Kier molecular flexibility index (Phi) is 9.42. The molecule has 0 fully saturated rings. The summed E-state index contributed by atoms with van der Waals surface area (Å²) in [6.45, 7) is 6.33. The Hall–Kier alpha value is -3.39. The molecule has 1 aromatic carbocycles. The van der Waals surface area contributed by atoms with Gasteiger partial charge in [0.1, 0.15) is 6.79 Å². The molecular formula is C25H31N3O5. The molecule has 8 heteroatoms. The molecule has 0 saturated heterocycles. The third kappa shape index (κ3) is 5.34. The highest BCUT2D eigenvalue weighted by molar-refractivity contribution is 6.16. The molecule has 0 saturated carbocycles. The summed E-state index contributed by atoms with van der Waals surface area (Å²) in [4.78, 5) is 35.5. The predicted octanol–water partition coefficient (Wildman–Crippen LogP) is 4.48. The lowest BCUT2D eigenvalue weighted by Crippen LogP contribution is -2.39. The van der Waals surface area contributed by atoms with Gasteiger partial charge < -0.3 is 19.2 Å². The molecule has 0 aromatic heterocycles. The van der Waals surface area contributed by atoms with Crippen LogP contribution in [0.1, 0.15) is 42.1 Å². The zero-order valence-corrected chi connectivity index (χ0v) is 19.9. The maximum atomic E-state index is 13.1. The molecule has 1 amide bonds. The van der Waals surface area contributed by atoms with Crippen molar-refractivity contribution < 1.29 is 23.9 Å². The van der Waals surface area contributed by atoms with Gasteiger partial charge in [0.15, 0.2) is 11.5 Å². The zero-order valence-electron chi connectivity index (χ0n) is 19.9. The number of benzene rings is 1. The minimum atomic E-state index is -0.179. The van der Waals surface area contributed by atoms with Gasteiger partial charge in [0, 0.05) is 30.9 Å². The summed E-state index contributed by atoms with van der Waals surface area (Å²) >= 11 is 0. The van der Waals surface area contributed by atoms with Crippen molar-refractivity contribution in [2.75, 3.05) is 27.9 Å². The quantitative estimate of drug-likeness (QED) is 0.541. The number of likely N-dealkylation sites (N-methyl/N-ethyl adjacent to an activating group) is 1. The van der Waals surface area contributed by atoms with Gasteiger partial charge in [0.25, 0.3) is 5.91 Å². The van der Waals surface area contributed by atoms with Gasteiger partial charge in [-0.15, -0.1) is 10.2 Å². The number of fused-ring (bicyclic) bond motifs is 1. The van der Waals surface area contributed by atoms with Crippen LogP contribution in [0.3, 0.4) is 0 Å². The maximum Gasteiger partial charge on any atom is 0.254 e. The monoisotopic (exact) mass is 453 g/mol. The van der Waals surface area contributed by atoms with Crippen molar-refractivity contribution in [2.45, 2.75) is 39.2 Å². The van der Waals surface area contributed by atoms with Crippen molar-refractivity contribution in [3.8, 4) is 0 Å². The summed E-state index contributed by atoms with van der Waals surface area (Å²) < 4.78 is 10.7. The first kappa shape index (κ1) is 25.9. The standard InChI is InChI=1S/C24H29N3O4.CH2O/c1-6-16(14-30-4)27(3)24(29)17-12-9-13-20(15(17)2)25-26-21-22(28)18-10-7-8-11-19(18)23(21)31-5;1-2/h9-13,16H,6-8,14H2,1-5H3;1H2. The topological polar surface area (TPSA) is 97.6 Å². The molecule has 0 aliphatic heterocycles. The van der Waals surface area contributed by atoms with Crippen LogP contribution in [0, 0.1) is 6.92 Å². The van der Waals surface area contributed by atoms with E-state index in [1.54, 1.807) is 37.3 Å². The summed E-state index contributed by atoms with van der Waals surface area (Å²) in [5.74, 6) is 0.171. The molecule has 1 aromatic rings. The first-order valence-corrected chi connectivity index (χ1v) is 10.7. The lowest BCUT2D eigenvalue weighted by Gasteiger charge is -2.27. The summed E-state index contributed by atoms with van der Waals surface area (Å²) in [6.07, 6.45) is 6.39. The molecule has 8 nitrogen and oxygen atoms in total. The molecule has 0 radical (unpaired) electrons. The van der Waals surface area contributed by atoms with E-state index in [0.29, 0.717) is 34.8 Å². The number of carbonyl (C=O) groups is 3. The van der Waals surface area contributed by atoms with Gasteiger partial charge >= 0.3 is 0 Å². The molecule has 1 unspecified atom stereocenters. The number of hydrogen-bond donors (Lipinski definition) is 0. The Bertz CT molecular complexity index is 1020. The Morgan fingerprint density at radius 1 is 1.15 bits per heavy atom. The Labute approximate surface area is 194 Å². The van der Waals surface area contributed by atoms with Crippen LogP contribution in [0.25, 0.3) is 0 Å². The maximum absolute atomic E-state index is 13.1. The van der Waals surface area contributed by atoms with E-state index in [2.05, 4.69) is 10.2 Å². The van der Waals surface area contributed by atoms with Crippen LogP contribution in [0.2, 0.25) is 0 Å². The molecule has 0 N–H and O–H groups in total. The fraction of sp³-hybridized carbons (Fsp3) is 0.400. The number of nitrogens with zero attached hydrogens (tertiary/aromatic N) is 3. The van der Waals surface area contributed by atoms with Crippen LogP contribution in [-0.2, 0) is 19.1 Å². The van der Waals surface area contributed by atoms with E-state index in [-0.39, 0.29) is 23.4 Å². The highest BCUT2D eigenvalue weighted by atomic mass is 16.5. The Morgan fingerprint density at radius 2 is 1.82 bits per heavy atom. The molecule has 0 spiro atoms. The third-order valence-electron chi connectivity index (χ3n) is 5.77. The van der Waals surface area contributed by atoms with Gasteiger partial charge in [0.2, 0.25) is 5.78 Å². The number of amides is 1. The van der Waals surface area contributed by atoms with E-state index in [9.17, 15) is 9.59 Å². The number of azo groups is 1. The average Bonchev–Trinajstić information content (AvgIpc) is 3.13. The van der Waals surface area contributed by atoms with Gasteiger partial charge in [0.05, 0.1) is 25.4 Å². The molecule has 0 heterocycles. The van der Waals surface area contributed by atoms with Crippen molar-refractivity contribution in [3.63, 3.8) is 0 Å². The lowest BCUT2D eigenvalue weighted by atomic mass is 9.99. The summed E-state index contributed by atoms with van der Waals surface area (Å²) in [6, 6.07) is 5.31. The highest BCUT2D eigenvalue weighted by Crippen LogP contribution is 2.38. The first-order chi connectivity index (χ1) is 15.9. The van der Waals surface area contributed by atoms with Crippen LogP contribution >= 0.6 is 0 Å². The molecular weight excluding hydrogens is 422 g/mol. The highest BCUT2D eigenvalue weighted by Gasteiger charge is 2.35. The van der Waals surface area contributed by atoms with E-state index in [1.165, 1.54) is 7.11 Å². The van der Waals surface area contributed by atoms with E-state index in [4.69, 9.17) is 14.3 Å². The summed E-state index contributed by atoms with van der Waals surface area (Å²) in [5.41, 5.74) is 3.40. The lowest BCUT2D eigenvalue weighted by molar-refractivity contribution is -0.111. The van der Waals surface area contributed by atoms with Crippen LogP contribution in [0.15, 0.2) is 63.2 Å². The van der Waals surface area contributed by atoms with Crippen molar-refractivity contribution in [3.05, 3.63) is 64.1 Å². The predicted molar refractivity (Wildman–Crippen MR) is 125 cm³/mol. The van der Waals surface area contributed by atoms with Crippen LogP contribution in [0.5, 0.6) is 0 Å². The largest absolute Gasteiger partial charge is 0.494 e. The second kappa shape index (κ2) is 12.0. The van der Waals surface area contributed by atoms with Crippen molar-refractivity contribution in [2.24, 2.45) is 10.2 Å². The molecule has 2 aliphatic carbocycles. The SMILES string of the molecule is C=O.CCC(COC)N(C)C(=O)c1cccc(N=NC2=C(OC)C3=CCCC=C3C2=O)c1C. The fourth-order valence-corrected chi connectivity index (χ4v) is 3.88. The molecule has 176 valence electrons. The second-order valence-corrected chi connectivity index (χ2v) is 7.61. The fourth-order valence-electron chi connectivity index (χ4n) is 3.88. The van der Waals surface area contributed by atoms with Crippen molar-refractivity contribution in [1.82, 2.24) is 4.90 Å². The van der Waals surface area contributed by atoms with E-state index in [0.717, 1.165) is 24.8 Å². The number of ether oxygens (including phenoxy) is 2. The summed E-state index contributed by atoms with van der Waals surface area (Å²) in [5, 5.41) is 8.56. The van der Waals surface area contributed by atoms with Crippen LogP contribution < -0.4 is 0 Å². The Balaban J connectivity index is 0.00000187. The van der Waals surface area contributed by atoms with Gasteiger partial charge in [-0.05, 0) is 43.9 Å². The number of hydrogen-bond acceptors (Lipinski definition) is 7. The number of ketones is 1. The van der Waals surface area contributed by atoms with E-state index >= 15 is 0 Å². The smallest absolute Gasteiger partial charge is 0.254 e. The summed E-state index contributed by atoms with van der Waals surface area (Å²) in [7, 11) is 4.93. The van der Waals surface area contributed by atoms with Gasteiger partial charge in [-0.2, -0.15) is 0 Å². The molecule has 3 rings (SSSR count). The van der Waals surface area contributed by atoms with Gasteiger partial charge in [-0.1, -0.05) is 25.1 Å². The van der Waals surface area contributed by atoms with E-state index < -0.39 is 0 Å². The minimum Gasteiger partial charge on any atom is -0.494 e. The number of carbonyl (C=O) groups excluding carboxylic acids is 3. The molecule has 33 heavy (non-hydrogen) atoms. The Morgan fingerprint density at radius 3 is 2.42 bits per heavy atom. The van der Waals surface area contributed by atoms with Crippen molar-refractivity contribution >= 4 is 24.2 Å². The minimum absolute atomic E-state index is 0.0161. The average molecular weight is 454 g/mol. The van der Waals surface area contributed by atoms with Gasteiger partial charge in [-0.25, -0.2) is 0 Å². The molecule has 1 atom stereocenters. The molecule has 2 aliphatic rings. The normalized spacial score (nSPS) is 16.0. The number of allylic oxidation sites excluding steroid dienone is 4. The second-order valence-electron chi connectivity index (χ2n) is 7.61. The molecule has 0 bridgehead atoms. The van der Waals surface area contributed by atoms with Crippen LogP contribution in [-0.4, -0.2) is 57.3 Å². The zero-order chi connectivity index (χ0) is 24.5. The number of methoxy groups -OCH3 is 2. The van der Waals surface area contributed by atoms with E-state index in [1.807, 2.05) is 32.8 Å². The third-order valence-corrected chi connectivity index (χ3v) is 5.77. The first-order valence-electron chi connectivity index (χ1n) is 10.7.